The van der Waals surface area contributed by atoms with E-state index in [0.717, 1.165) is 43.0 Å². The summed E-state index contributed by atoms with van der Waals surface area (Å²) in [5.74, 6) is 1.20. The van der Waals surface area contributed by atoms with Crippen molar-refractivity contribution in [1.29, 1.82) is 0 Å². The first-order valence-electron chi connectivity index (χ1n) is 8.75. The average Bonchev–Trinajstić information content (AvgIpc) is 3.28. The highest BCUT2D eigenvalue weighted by Gasteiger charge is 2.26. The summed E-state index contributed by atoms with van der Waals surface area (Å²) in [5.41, 5.74) is 2.78. The van der Waals surface area contributed by atoms with Crippen molar-refractivity contribution in [2.24, 2.45) is 0 Å². The van der Waals surface area contributed by atoms with Crippen LogP contribution in [0.5, 0.6) is 0 Å². The Kier molecular flexibility index (Phi) is 6.16. The largest absolute Gasteiger partial charge is 0.334 e. The molecular weight excluding hydrogens is 387 g/mol. The molecule has 1 N–H and O–H groups in total. The van der Waals surface area contributed by atoms with Crippen LogP contribution < -0.4 is 5.32 Å². The van der Waals surface area contributed by atoms with Crippen LogP contribution >= 0.6 is 24.0 Å². The monoisotopic (exact) mass is 408 g/mol. The van der Waals surface area contributed by atoms with E-state index < -0.39 is 0 Å². The molecule has 144 valence electrons. The first kappa shape index (κ1) is 19.8. The number of hydrogen-bond donors (Lipinski definition) is 1. The Hall–Kier alpha value is -1.93. The Morgan fingerprint density at radius 3 is 2.96 bits per heavy atom. The summed E-state index contributed by atoms with van der Waals surface area (Å²) < 4.78 is 7.45. The molecule has 0 saturated carbocycles. The van der Waals surface area contributed by atoms with Crippen molar-refractivity contribution in [3.8, 4) is 17.1 Å². The zero-order valence-electron chi connectivity index (χ0n) is 15.2. The molecule has 1 aliphatic rings. The maximum Gasteiger partial charge on any atom is 0.261 e. The lowest BCUT2D eigenvalue weighted by Gasteiger charge is -2.30. The first-order chi connectivity index (χ1) is 12.7. The van der Waals surface area contributed by atoms with E-state index in [0.29, 0.717) is 16.7 Å². The molecule has 0 radical (unpaired) electrons. The minimum atomic E-state index is 0. The minimum Gasteiger partial charge on any atom is -0.334 e. The third-order valence-corrected chi connectivity index (χ3v) is 4.97. The molecular formula is C18H22Cl2N6O. The lowest BCUT2D eigenvalue weighted by atomic mass is 10.2. The Morgan fingerprint density at radius 2 is 2.22 bits per heavy atom. The number of halogens is 2. The molecule has 9 heteroatoms. The van der Waals surface area contributed by atoms with Gasteiger partial charge in [-0.05, 0) is 31.7 Å². The molecule has 27 heavy (non-hydrogen) atoms. The second-order valence-corrected chi connectivity index (χ2v) is 6.84. The summed E-state index contributed by atoms with van der Waals surface area (Å²) in [6.45, 7) is 4.83. The fraction of sp³-hybridized carbons (Fsp3) is 0.389. The number of hydrogen-bond acceptors (Lipinski definition) is 6. The predicted octanol–water partition coefficient (Wildman–Crippen LogP) is 3.14. The van der Waals surface area contributed by atoms with Crippen LogP contribution in [0.2, 0.25) is 5.02 Å². The quantitative estimate of drug-likeness (QED) is 0.714. The lowest BCUT2D eigenvalue weighted by molar-refractivity contribution is 0.190. The Labute approximate surface area is 169 Å². The molecule has 0 amide bonds. The van der Waals surface area contributed by atoms with E-state index in [-0.39, 0.29) is 18.4 Å². The molecule has 0 aliphatic carbocycles. The standard InChI is InChI=1S/C18H21ClN6O.ClH/c1-3-15-14(10-21-25(15)13-6-4-5-12(19)9-13)18-22-17(23-26-18)16-11-20-7-8-24(16)2;/h4-6,9-10,16,20H,3,7-8,11H2,1-2H3;1H. The summed E-state index contributed by atoms with van der Waals surface area (Å²) in [6, 6.07) is 7.74. The number of nitrogens with zero attached hydrogens (tertiary/aromatic N) is 5. The van der Waals surface area contributed by atoms with E-state index in [1.165, 1.54) is 0 Å². The fourth-order valence-corrected chi connectivity index (χ4v) is 3.48. The summed E-state index contributed by atoms with van der Waals surface area (Å²) in [4.78, 5) is 6.89. The van der Waals surface area contributed by atoms with Gasteiger partial charge in [0.15, 0.2) is 5.82 Å². The highest BCUT2D eigenvalue weighted by Crippen LogP contribution is 2.27. The van der Waals surface area contributed by atoms with Crippen molar-refractivity contribution in [1.82, 2.24) is 30.1 Å². The molecule has 3 heterocycles. The molecule has 4 rings (SSSR count). The molecule has 1 saturated heterocycles. The third-order valence-electron chi connectivity index (χ3n) is 4.74. The second kappa shape index (κ2) is 8.39. The van der Waals surface area contributed by atoms with Crippen LogP contribution in [0, 0.1) is 0 Å². The van der Waals surface area contributed by atoms with Crippen LogP contribution in [-0.4, -0.2) is 51.5 Å². The summed E-state index contributed by atoms with van der Waals surface area (Å²) >= 11 is 6.12. The molecule has 2 aromatic heterocycles. The SMILES string of the molecule is CCc1c(-c2nc(C3CNCCN3C)no2)cnn1-c1cccc(Cl)c1.Cl. The highest BCUT2D eigenvalue weighted by atomic mass is 35.5. The van der Waals surface area contributed by atoms with Gasteiger partial charge in [0.05, 0.1) is 29.2 Å². The molecule has 3 aromatic rings. The van der Waals surface area contributed by atoms with E-state index in [4.69, 9.17) is 16.1 Å². The van der Waals surface area contributed by atoms with Gasteiger partial charge < -0.3 is 9.84 Å². The van der Waals surface area contributed by atoms with Crippen LogP contribution in [0.25, 0.3) is 17.1 Å². The fourth-order valence-electron chi connectivity index (χ4n) is 3.30. The Morgan fingerprint density at radius 1 is 1.37 bits per heavy atom. The summed E-state index contributed by atoms with van der Waals surface area (Å²) in [7, 11) is 2.08. The number of rotatable bonds is 4. The average molecular weight is 409 g/mol. The van der Waals surface area contributed by atoms with Crippen LogP contribution in [-0.2, 0) is 6.42 Å². The van der Waals surface area contributed by atoms with Gasteiger partial charge in [0.2, 0.25) is 0 Å². The van der Waals surface area contributed by atoms with Crippen molar-refractivity contribution in [3.63, 3.8) is 0 Å². The molecule has 1 fully saturated rings. The molecule has 1 aliphatic heterocycles. The molecule has 1 atom stereocenters. The van der Waals surface area contributed by atoms with Gasteiger partial charge in [0.25, 0.3) is 5.89 Å². The van der Waals surface area contributed by atoms with Gasteiger partial charge in [-0.15, -0.1) is 12.4 Å². The van der Waals surface area contributed by atoms with Crippen molar-refractivity contribution in [2.75, 3.05) is 26.7 Å². The van der Waals surface area contributed by atoms with Gasteiger partial charge in [-0.2, -0.15) is 10.1 Å². The lowest BCUT2D eigenvalue weighted by Crippen LogP contribution is -2.44. The van der Waals surface area contributed by atoms with Crippen LogP contribution in [0.15, 0.2) is 35.0 Å². The predicted molar refractivity (Wildman–Crippen MR) is 107 cm³/mol. The van der Waals surface area contributed by atoms with E-state index in [1.54, 1.807) is 6.20 Å². The molecule has 1 aromatic carbocycles. The van der Waals surface area contributed by atoms with Crippen LogP contribution in [0.4, 0.5) is 0 Å². The van der Waals surface area contributed by atoms with Gasteiger partial charge in [-0.3, -0.25) is 4.90 Å². The number of aromatic nitrogens is 4. The first-order valence-corrected chi connectivity index (χ1v) is 9.13. The van der Waals surface area contributed by atoms with E-state index in [9.17, 15) is 0 Å². The zero-order chi connectivity index (χ0) is 18.1. The number of likely N-dealkylation sites (N-methyl/N-ethyl adjacent to an activating group) is 1. The van der Waals surface area contributed by atoms with Crippen LogP contribution in [0.1, 0.15) is 24.5 Å². The topological polar surface area (TPSA) is 72.0 Å². The van der Waals surface area contributed by atoms with Gasteiger partial charge in [-0.1, -0.05) is 29.7 Å². The van der Waals surface area contributed by atoms with Crippen molar-refractivity contribution in [2.45, 2.75) is 19.4 Å². The second-order valence-electron chi connectivity index (χ2n) is 6.41. The molecule has 7 nitrogen and oxygen atoms in total. The van der Waals surface area contributed by atoms with E-state index in [2.05, 4.69) is 39.4 Å². The normalized spacial score (nSPS) is 17.7. The Bertz CT molecular complexity index is 909. The van der Waals surface area contributed by atoms with Gasteiger partial charge in [0, 0.05) is 24.7 Å². The summed E-state index contributed by atoms with van der Waals surface area (Å²) in [6.07, 6.45) is 2.56. The highest BCUT2D eigenvalue weighted by molar-refractivity contribution is 6.30. The van der Waals surface area contributed by atoms with E-state index in [1.807, 2.05) is 28.9 Å². The van der Waals surface area contributed by atoms with Crippen LogP contribution in [0.3, 0.4) is 0 Å². The molecule has 0 spiro atoms. The van der Waals surface area contributed by atoms with Gasteiger partial charge in [-0.25, -0.2) is 4.68 Å². The van der Waals surface area contributed by atoms with Gasteiger partial charge in [0.1, 0.15) is 0 Å². The van der Waals surface area contributed by atoms with Crippen molar-refractivity contribution < 1.29 is 4.52 Å². The maximum absolute atomic E-state index is 6.12. The summed E-state index contributed by atoms with van der Waals surface area (Å²) in [5, 5.41) is 12.8. The number of benzene rings is 1. The van der Waals surface area contributed by atoms with Crippen molar-refractivity contribution in [3.05, 3.63) is 47.0 Å². The Balaban J connectivity index is 0.00000210. The minimum absolute atomic E-state index is 0. The van der Waals surface area contributed by atoms with E-state index >= 15 is 0 Å². The van der Waals surface area contributed by atoms with Crippen molar-refractivity contribution >= 4 is 24.0 Å². The smallest absolute Gasteiger partial charge is 0.261 e. The molecule has 1 unspecified atom stereocenters. The zero-order valence-corrected chi connectivity index (χ0v) is 16.8. The third kappa shape index (κ3) is 3.87. The molecule has 0 bridgehead atoms. The maximum atomic E-state index is 6.12. The van der Waals surface area contributed by atoms with Gasteiger partial charge >= 0.3 is 0 Å². The number of nitrogens with one attached hydrogen (secondary N) is 1. The number of piperazine rings is 1.